The standard InChI is InChI=1S/C10H21NO/c1-4-11-10-6-5-9(7-12-3)8(10)2/h8-11H,4-7H2,1-3H3. The van der Waals surface area contributed by atoms with Gasteiger partial charge in [0.15, 0.2) is 0 Å². The third-order valence-electron chi connectivity index (χ3n) is 3.07. The quantitative estimate of drug-likeness (QED) is 0.694. The Kier molecular flexibility index (Phi) is 4.02. The first-order chi connectivity index (χ1) is 5.79. The SMILES string of the molecule is CCNC1CCC(COC)C1C. The Morgan fingerprint density at radius 3 is 2.75 bits per heavy atom. The molecule has 2 nitrogen and oxygen atoms in total. The Morgan fingerprint density at radius 2 is 2.17 bits per heavy atom. The molecule has 0 aromatic heterocycles. The van der Waals surface area contributed by atoms with E-state index in [0.29, 0.717) is 0 Å². The molecule has 1 rings (SSSR count). The molecule has 0 radical (unpaired) electrons. The average Bonchev–Trinajstić information content (AvgIpc) is 2.38. The lowest BCUT2D eigenvalue weighted by Gasteiger charge is -2.20. The van der Waals surface area contributed by atoms with Crippen molar-refractivity contribution in [2.75, 3.05) is 20.3 Å². The topological polar surface area (TPSA) is 21.3 Å². The summed E-state index contributed by atoms with van der Waals surface area (Å²) in [5, 5.41) is 3.53. The van der Waals surface area contributed by atoms with E-state index in [4.69, 9.17) is 4.74 Å². The zero-order valence-electron chi connectivity index (χ0n) is 8.47. The van der Waals surface area contributed by atoms with Crippen LogP contribution in [0.15, 0.2) is 0 Å². The van der Waals surface area contributed by atoms with Gasteiger partial charge in [-0.15, -0.1) is 0 Å². The molecule has 1 aliphatic carbocycles. The molecule has 1 aliphatic rings. The van der Waals surface area contributed by atoms with Crippen LogP contribution in [-0.2, 0) is 4.74 Å². The number of hydrogen-bond donors (Lipinski definition) is 1. The smallest absolute Gasteiger partial charge is 0.0493 e. The van der Waals surface area contributed by atoms with Crippen molar-refractivity contribution in [1.29, 1.82) is 0 Å². The van der Waals surface area contributed by atoms with E-state index < -0.39 is 0 Å². The van der Waals surface area contributed by atoms with E-state index >= 15 is 0 Å². The Morgan fingerprint density at radius 1 is 1.42 bits per heavy atom. The highest BCUT2D eigenvalue weighted by molar-refractivity contribution is 4.86. The van der Waals surface area contributed by atoms with Crippen LogP contribution in [0.1, 0.15) is 26.7 Å². The second kappa shape index (κ2) is 4.83. The van der Waals surface area contributed by atoms with Gasteiger partial charge in [0.05, 0.1) is 0 Å². The molecule has 1 fully saturated rings. The fraction of sp³-hybridized carbons (Fsp3) is 1.00. The molecular formula is C10H21NO. The lowest BCUT2D eigenvalue weighted by molar-refractivity contribution is 0.133. The Balaban J connectivity index is 2.32. The van der Waals surface area contributed by atoms with Crippen LogP contribution in [0.2, 0.25) is 0 Å². The van der Waals surface area contributed by atoms with E-state index in [1.807, 2.05) is 0 Å². The van der Waals surface area contributed by atoms with Crippen LogP contribution in [0.4, 0.5) is 0 Å². The van der Waals surface area contributed by atoms with Gasteiger partial charge in [-0.25, -0.2) is 0 Å². The highest BCUT2D eigenvalue weighted by Gasteiger charge is 2.31. The highest BCUT2D eigenvalue weighted by atomic mass is 16.5. The van der Waals surface area contributed by atoms with E-state index in [2.05, 4.69) is 19.2 Å². The molecule has 72 valence electrons. The first-order valence-electron chi connectivity index (χ1n) is 5.02. The molecule has 2 heteroatoms. The Labute approximate surface area is 75.7 Å². The molecule has 1 N–H and O–H groups in total. The van der Waals surface area contributed by atoms with Crippen molar-refractivity contribution < 1.29 is 4.74 Å². The lowest BCUT2D eigenvalue weighted by atomic mass is 9.96. The van der Waals surface area contributed by atoms with Crippen LogP contribution in [0.25, 0.3) is 0 Å². The average molecular weight is 171 g/mol. The largest absolute Gasteiger partial charge is 0.384 e. The first-order valence-corrected chi connectivity index (χ1v) is 5.02. The van der Waals surface area contributed by atoms with Crippen LogP contribution >= 0.6 is 0 Å². The Hall–Kier alpha value is -0.0800. The van der Waals surface area contributed by atoms with Gasteiger partial charge in [-0.2, -0.15) is 0 Å². The van der Waals surface area contributed by atoms with E-state index in [-0.39, 0.29) is 0 Å². The van der Waals surface area contributed by atoms with Gasteiger partial charge >= 0.3 is 0 Å². The molecule has 0 aliphatic heterocycles. The second-order valence-electron chi connectivity index (χ2n) is 3.82. The van der Waals surface area contributed by atoms with Crippen LogP contribution in [0, 0.1) is 11.8 Å². The molecule has 0 aromatic rings. The maximum absolute atomic E-state index is 5.19. The minimum absolute atomic E-state index is 0.732. The number of rotatable bonds is 4. The summed E-state index contributed by atoms with van der Waals surface area (Å²) in [6.45, 7) is 6.54. The van der Waals surface area contributed by atoms with Gasteiger partial charge in [0.25, 0.3) is 0 Å². The number of hydrogen-bond acceptors (Lipinski definition) is 2. The molecule has 12 heavy (non-hydrogen) atoms. The van der Waals surface area contributed by atoms with Crippen LogP contribution < -0.4 is 5.32 Å². The van der Waals surface area contributed by atoms with Gasteiger partial charge in [0.2, 0.25) is 0 Å². The normalized spacial score (nSPS) is 35.8. The summed E-state index contributed by atoms with van der Waals surface area (Å²) in [7, 11) is 1.80. The monoisotopic (exact) mass is 171 g/mol. The van der Waals surface area contributed by atoms with E-state index in [1.165, 1.54) is 12.8 Å². The minimum Gasteiger partial charge on any atom is -0.384 e. The van der Waals surface area contributed by atoms with E-state index in [0.717, 1.165) is 31.0 Å². The molecule has 0 saturated heterocycles. The molecule has 0 aromatic carbocycles. The fourth-order valence-electron chi connectivity index (χ4n) is 2.25. The molecule has 0 bridgehead atoms. The maximum atomic E-state index is 5.19. The van der Waals surface area contributed by atoms with Gasteiger partial charge in [0, 0.05) is 19.8 Å². The number of ether oxygens (including phenoxy) is 1. The summed E-state index contributed by atoms with van der Waals surface area (Å²) < 4.78 is 5.19. The summed E-state index contributed by atoms with van der Waals surface area (Å²) in [6.07, 6.45) is 2.65. The molecule has 0 heterocycles. The molecule has 1 saturated carbocycles. The van der Waals surface area contributed by atoms with Crippen molar-refractivity contribution >= 4 is 0 Å². The predicted octanol–water partition coefficient (Wildman–Crippen LogP) is 1.66. The molecule has 0 spiro atoms. The summed E-state index contributed by atoms with van der Waals surface area (Å²) in [6, 6.07) is 0.732. The zero-order chi connectivity index (χ0) is 8.97. The molecule has 3 unspecified atom stereocenters. The zero-order valence-corrected chi connectivity index (χ0v) is 8.47. The van der Waals surface area contributed by atoms with Gasteiger partial charge in [-0.05, 0) is 31.2 Å². The minimum atomic E-state index is 0.732. The first kappa shape index (κ1) is 10.0. The van der Waals surface area contributed by atoms with Crippen LogP contribution in [0.3, 0.4) is 0 Å². The third-order valence-corrected chi connectivity index (χ3v) is 3.07. The van der Waals surface area contributed by atoms with E-state index in [9.17, 15) is 0 Å². The molecule has 3 atom stereocenters. The summed E-state index contributed by atoms with van der Waals surface area (Å²) in [5.41, 5.74) is 0. The predicted molar refractivity (Wildman–Crippen MR) is 51.2 cm³/mol. The fourth-order valence-corrected chi connectivity index (χ4v) is 2.25. The third kappa shape index (κ3) is 2.20. The summed E-state index contributed by atoms with van der Waals surface area (Å²) >= 11 is 0. The Bertz CT molecular complexity index is 113. The number of nitrogens with one attached hydrogen (secondary N) is 1. The number of methoxy groups -OCH3 is 1. The van der Waals surface area contributed by atoms with Gasteiger partial charge in [-0.3, -0.25) is 0 Å². The molecular weight excluding hydrogens is 150 g/mol. The van der Waals surface area contributed by atoms with Crippen molar-refractivity contribution in [3.63, 3.8) is 0 Å². The van der Waals surface area contributed by atoms with E-state index in [1.54, 1.807) is 7.11 Å². The van der Waals surface area contributed by atoms with Gasteiger partial charge in [0.1, 0.15) is 0 Å². The second-order valence-corrected chi connectivity index (χ2v) is 3.82. The summed E-state index contributed by atoms with van der Waals surface area (Å²) in [4.78, 5) is 0. The van der Waals surface area contributed by atoms with Crippen LogP contribution in [-0.4, -0.2) is 26.3 Å². The van der Waals surface area contributed by atoms with Gasteiger partial charge < -0.3 is 10.1 Å². The lowest BCUT2D eigenvalue weighted by Crippen LogP contribution is -2.33. The van der Waals surface area contributed by atoms with Crippen molar-refractivity contribution in [3.05, 3.63) is 0 Å². The maximum Gasteiger partial charge on any atom is 0.0493 e. The van der Waals surface area contributed by atoms with Crippen molar-refractivity contribution in [2.45, 2.75) is 32.7 Å². The van der Waals surface area contributed by atoms with Crippen molar-refractivity contribution in [1.82, 2.24) is 5.32 Å². The van der Waals surface area contributed by atoms with Crippen molar-refractivity contribution in [2.24, 2.45) is 11.8 Å². The highest BCUT2D eigenvalue weighted by Crippen LogP contribution is 2.31. The van der Waals surface area contributed by atoms with Gasteiger partial charge in [-0.1, -0.05) is 13.8 Å². The summed E-state index contributed by atoms with van der Waals surface area (Å²) in [5.74, 6) is 1.56. The molecule has 0 amide bonds. The van der Waals surface area contributed by atoms with Crippen molar-refractivity contribution in [3.8, 4) is 0 Å². The van der Waals surface area contributed by atoms with Crippen LogP contribution in [0.5, 0.6) is 0 Å².